The molecule has 0 aliphatic carbocycles. The second-order valence-corrected chi connectivity index (χ2v) is 5.28. The third-order valence-electron chi connectivity index (χ3n) is 3.52. The maximum Gasteiger partial charge on any atom is 0.232 e. The Balaban J connectivity index is 3.16. The van der Waals surface area contributed by atoms with E-state index in [-0.39, 0.29) is 5.91 Å². The fraction of sp³-hybridized carbons (Fsp3) is 0.353. The van der Waals surface area contributed by atoms with Crippen LogP contribution in [0.4, 0.5) is 0 Å². The van der Waals surface area contributed by atoms with Gasteiger partial charge in [0.25, 0.3) is 0 Å². The summed E-state index contributed by atoms with van der Waals surface area (Å²) in [6.07, 6.45) is 4.35. The highest BCUT2D eigenvalue weighted by molar-refractivity contribution is 5.85. The Morgan fingerprint density at radius 2 is 1.89 bits per heavy atom. The van der Waals surface area contributed by atoms with E-state index in [2.05, 4.69) is 18.7 Å². The minimum absolute atomic E-state index is 0.118. The normalized spacial score (nSPS) is 14.6. The highest BCUT2D eigenvalue weighted by Gasteiger charge is 2.36. The van der Waals surface area contributed by atoms with E-state index < -0.39 is 5.41 Å². The van der Waals surface area contributed by atoms with Crippen LogP contribution in [0, 0.1) is 5.41 Å². The zero-order chi connectivity index (χ0) is 14.5. The number of hydrogen-bond acceptors (Lipinski definition) is 1. The molecule has 2 nitrogen and oxygen atoms in total. The first kappa shape index (κ1) is 15.2. The second kappa shape index (κ2) is 6.37. The van der Waals surface area contributed by atoms with Crippen molar-refractivity contribution in [3.63, 3.8) is 0 Å². The summed E-state index contributed by atoms with van der Waals surface area (Å²) in [7, 11) is 3.60. The quantitative estimate of drug-likeness (QED) is 0.740. The zero-order valence-corrected chi connectivity index (χ0v) is 12.3. The summed E-state index contributed by atoms with van der Waals surface area (Å²) >= 11 is 0. The van der Waals surface area contributed by atoms with E-state index in [4.69, 9.17) is 0 Å². The van der Waals surface area contributed by atoms with Crippen molar-refractivity contribution >= 4 is 5.91 Å². The Hall–Kier alpha value is -1.83. The first-order valence-electron chi connectivity index (χ1n) is 6.47. The van der Waals surface area contributed by atoms with Crippen molar-refractivity contribution in [3.8, 4) is 0 Å². The van der Waals surface area contributed by atoms with Crippen LogP contribution in [0.2, 0.25) is 0 Å². The lowest BCUT2D eigenvalue weighted by atomic mass is 9.76. The minimum Gasteiger partial charge on any atom is -0.348 e. The largest absolute Gasteiger partial charge is 0.348 e. The van der Waals surface area contributed by atoms with Crippen molar-refractivity contribution in [1.82, 2.24) is 4.90 Å². The van der Waals surface area contributed by atoms with Crippen LogP contribution in [0.1, 0.15) is 19.4 Å². The first-order valence-corrected chi connectivity index (χ1v) is 6.47. The Bertz CT molecular complexity index is 473. The van der Waals surface area contributed by atoms with Gasteiger partial charge in [-0.2, -0.15) is 0 Å². The van der Waals surface area contributed by atoms with E-state index >= 15 is 0 Å². The predicted molar refractivity (Wildman–Crippen MR) is 80.9 cm³/mol. The van der Waals surface area contributed by atoms with E-state index in [9.17, 15) is 4.79 Å². The van der Waals surface area contributed by atoms with Crippen LogP contribution in [0.25, 0.3) is 0 Å². The van der Waals surface area contributed by atoms with Gasteiger partial charge in [-0.3, -0.25) is 4.79 Å². The molecule has 0 aliphatic heterocycles. The molecule has 0 saturated heterocycles. The van der Waals surface area contributed by atoms with Crippen molar-refractivity contribution in [1.29, 1.82) is 0 Å². The number of rotatable bonds is 5. The first-order chi connectivity index (χ1) is 8.91. The molecule has 0 bridgehead atoms. The van der Waals surface area contributed by atoms with Crippen LogP contribution in [0.3, 0.4) is 0 Å². The summed E-state index contributed by atoms with van der Waals surface area (Å²) in [5, 5.41) is 0. The molecular formula is C17H23NO. The van der Waals surface area contributed by atoms with Gasteiger partial charge in [0.15, 0.2) is 0 Å². The molecule has 1 aromatic rings. The Morgan fingerprint density at radius 1 is 1.32 bits per heavy atom. The summed E-state index contributed by atoms with van der Waals surface area (Å²) in [5.41, 5.74) is 1.67. The molecule has 0 aliphatic rings. The van der Waals surface area contributed by atoms with E-state index in [1.807, 2.05) is 38.1 Å². The third kappa shape index (κ3) is 3.57. The fourth-order valence-electron chi connectivity index (χ4n) is 2.24. The smallest absolute Gasteiger partial charge is 0.232 e. The Morgan fingerprint density at radius 3 is 2.37 bits per heavy atom. The number of amides is 1. The maximum atomic E-state index is 12.5. The molecule has 102 valence electrons. The lowest BCUT2D eigenvalue weighted by molar-refractivity contribution is -0.136. The molecule has 0 heterocycles. The average Bonchev–Trinajstić information content (AvgIpc) is 2.39. The summed E-state index contributed by atoms with van der Waals surface area (Å²) in [4.78, 5) is 14.2. The monoisotopic (exact) mass is 257 g/mol. The van der Waals surface area contributed by atoms with Gasteiger partial charge in [0, 0.05) is 14.1 Å². The van der Waals surface area contributed by atoms with E-state index in [1.165, 1.54) is 0 Å². The summed E-state index contributed by atoms with van der Waals surface area (Å²) in [6, 6.07) is 10.1. The SMILES string of the molecule is C=CC=C(C)C(C)(Cc1ccccc1)C(=O)N(C)C. The molecule has 1 amide bonds. The fourth-order valence-corrected chi connectivity index (χ4v) is 2.24. The predicted octanol–water partition coefficient (Wildman–Crippen LogP) is 3.46. The molecule has 1 unspecified atom stereocenters. The van der Waals surface area contributed by atoms with E-state index in [0.717, 1.165) is 11.1 Å². The van der Waals surface area contributed by atoms with Gasteiger partial charge in [0.2, 0.25) is 5.91 Å². The average molecular weight is 257 g/mol. The maximum absolute atomic E-state index is 12.5. The van der Waals surface area contributed by atoms with Crippen LogP contribution in [-0.4, -0.2) is 24.9 Å². The van der Waals surface area contributed by atoms with Crippen molar-refractivity contribution in [2.75, 3.05) is 14.1 Å². The number of carbonyl (C=O) groups is 1. The molecule has 0 N–H and O–H groups in total. The van der Waals surface area contributed by atoms with Gasteiger partial charge >= 0.3 is 0 Å². The molecule has 0 fully saturated rings. The number of hydrogen-bond donors (Lipinski definition) is 0. The number of allylic oxidation sites excluding steroid dienone is 2. The lowest BCUT2D eigenvalue weighted by Gasteiger charge is -2.32. The van der Waals surface area contributed by atoms with E-state index in [1.54, 1.807) is 25.1 Å². The van der Waals surface area contributed by atoms with Gasteiger partial charge in [-0.25, -0.2) is 0 Å². The van der Waals surface area contributed by atoms with Crippen LogP contribution in [-0.2, 0) is 11.2 Å². The molecular weight excluding hydrogens is 234 g/mol. The summed E-state index contributed by atoms with van der Waals surface area (Å²) < 4.78 is 0. The molecule has 0 saturated carbocycles. The molecule has 1 atom stereocenters. The summed E-state index contributed by atoms with van der Waals surface area (Å²) in [5.74, 6) is 0.118. The van der Waals surface area contributed by atoms with Crippen LogP contribution < -0.4 is 0 Å². The van der Waals surface area contributed by atoms with Crippen LogP contribution in [0.15, 0.2) is 54.6 Å². The molecule has 0 radical (unpaired) electrons. The van der Waals surface area contributed by atoms with Gasteiger partial charge in [-0.15, -0.1) is 0 Å². The molecule has 19 heavy (non-hydrogen) atoms. The van der Waals surface area contributed by atoms with Gasteiger partial charge in [-0.05, 0) is 25.8 Å². The van der Waals surface area contributed by atoms with Gasteiger partial charge in [0.05, 0.1) is 5.41 Å². The summed E-state index contributed by atoms with van der Waals surface area (Å²) in [6.45, 7) is 7.71. The van der Waals surface area contributed by atoms with Crippen molar-refractivity contribution < 1.29 is 4.79 Å². The molecule has 0 aromatic heterocycles. The Labute approximate surface area is 116 Å². The molecule has 1 rings (SSSR count). The molecule has 0 spiro atoms. The molecule has 2 heteroatoms. The molecule has 1 aromatic carbocycles. The van der Waals surface area contributed by atoms with E-state index in [0.29, 0.717) is 6.42 Å². The van der Waals surface area contributed by atoms with Crippen molar-refractivity contribution in [2.24, 2.45) is 5.41 Å². The van der Waals surface area contributed by atoms with Crippen LogP contribution >= 0.6 is 0 Å². The topological polar surface area (TPSA) is 20.3 Å². The minimum atomic E-state index is -0.529. The van der Waals surface area contributed by atoms with Crippen molar-refractivity contribution in [3.05, 3.63) is 60.2 Å². The van der Waals surface area contributed by atoms with Gasteiger partial charge < -0.3 is 4.90 Å². The highest BCUT2D eigenvalue weighted by Crippen LogP contribution is 2.33. The number of nitrogens with zero attached hydrogens (tertiary/aromatic N) is 1. The van der Waals surface area contributed by atoms with Crippen molar-refractivity contribution in [2.45, 2.75) is 20.3 Å². The number of benzene rings is 1. The van der Waals surface area contributed by atoms with Gasteiger partial charge in [-0.1, -0.05) is 54.6 Å². The zero-order valence-electron chi connectivity index (χ0n) is 12.3. The standard InChI is InChI=1S/C17H23NO/c1-6-10-14(2)17(3,16(19)18(4)5)13-15-11-8-7-9-12-15/h6-12H,1,13H2,2-5H3. The van der Waals surface area contributed by atoms with Crippen LogP contribution in [0.5, 0.6) is 0 Å². The third-order valence-corrected chi connectivity index (χ3v) is 3.52. The lowest BCUT2D eigenvalue weighted by Crippen LogP contribution is -2.40. The number of carbonyl (C=O) groups excluding carboxylic acids is 1. The second-order valence-electron chi connectivity index (χ2n) is 5.28. The van der Waals surface area contributed by atoms with Gasteiger partial charge in [0.1, 0.15) is 0 Å². The Kier molecular flexibility index (Phi) is 5.11. The highest BCUT2D eigenvalue weighted by atomic mass is 16.2.